The number of nitrogens with one attached hydrogen (secondary N) is 2. The van der Waals surface area contributed by atoms with Gasteiger partial charge in [-0.05, 0) is 31.1 Å². The van der Waals surface area contributed by atoms with E-state index < -0.39 is 0 Å². The molecule has 0 aliphatic heterocycles. The SMILES string of the molecule is CN=C(NCc1ccccc1Cl)NCC(C)(C)CN(C)C. The number of hydrogen-bond acceptors (Lipinski definition) is 2. The molecule has 0 saturated heterocycles. The Morgan fingerprint density at radius 1 is 1.24 bits per heavy atom. The Bertz CT molecular complexity index is 469. The second kappa shape index (κ2) is 8.25. The topological polar surface area (TPSA) is 39.7 Å². The fourth-order valence-electron chi connectivity index (χ4n) is 2.28. The van der Waals surface area contributed by atoms with Crippen molar-refractivity contribution in [1.82, 2.24) is 15.5 Å². The monoisotopic (exact) mass is 310 g/mol. The Kier molecular flexibility index (Phi) is 6.99. The summed E-state index contributed by atoms with van der Waals surface area (Å²) < 4.78 is 0. The van der Waals surface area contributed by atoms with Crippen LogP contribution in [0.1, 0.15) is 19.4 Å². The van der Waals surface area contributed by atoms with Crippen molar-refractivity contribution in [3.8, 4) is 0 Å². The molecule has 1 aromatic carbocycles. The minimum Gasteiger partial charge on any atom is -0.356 e. The third kappa shape index (κ3) is 6.82. The normalized spacial score (nSPS) is 12.6. The third-order valence-corrected chi connectivity index (χ3v) is 3.48. The van der Waals surface area contributed by atoms with Gasteiger partial charge in [0.2, 0.25) is 0 Å². The maximum Gasteiger partial charge on any atom is 0.191 e. The van der Waals surface area contributed by atoms with Crippen LogP contribution < -0.4 is 10.6 Å². The molecule has 0 aromatic heterocycles. The number of benzene rings is 1. The van der Waals surface area contributed by atoms with Gasteiger partial charge in [-0.2, -0.15) is 0 Å². The zero-order chi connectivity index (χ0) is 15.9. The lowest BCUT2D eigenvalue weighted by Crippen LogP contribution is -2.44. The van der Waals surface area contributed by atoms with Crippen molar-refractivity contribution >= 4 is 17.6 Å². The predicted octanol–water partition coefficient (Wildman–Crippen LogP) is 2.59. The number of nitrogens with zero attached hydrogens (tertiary/aromatic N) is 2. The van der Waals surface area contributed by atoms with Gasteiger partial charge < -0.3 is 15.5 Å². The first-order valence-electron chi connectivity index (χ1n) is 7.17. The van der Waals surface area contributed by atoms with E-state index in [2.05, 4.69) is 48.5 Å². The van der Waals surface area contributed by atoms with Gasteiger partial charge in [0, 0.05) is 31.7 Å². The van der Waals surface area contributed by atoms with E-state index in [4.69, 9.17) is 11.6 Å². The molecule has 0 unspecified atom stereocenters. The van der Waals surface area contributed by atoms with Crippen molar-refractivity contribution < 1.29 is 0 Å². The summed E-state index contributed by atoms with van der Waals surface area (Å²) >= 11 is 6.15. The second-order valence-electron chi connectivity index (χ2n) is 6.27. The molecule has 0 spiro atoms. The molecule has 5 heteroatoms. The smallest absolute Gasteiger partial charge is 0.191 e. The molecule has 0 atom stereocenters. The molecule has 118 valence electrons. The van der Waals surface area contributed by atoms with Gasteiger partial charge in [-0.1, -0.05) is 43.6 Å². The van der Waals surface area contributed by atoms with Crippen LogP contribution in [0.3, 0.4) is 0 Å². The molecule has 0 saturated carbocycles. The quantitative estimate of drug-likeness (QED) is 0.627. The maximum atomic E-state index is 6.15. The molecular formula is C16H27ClN4. The molecule has 2 N–H and O–H groups in total. The number of rotatable bonds is 6. The van der Waals surface area contributed by atoms with Crippen molar-refractivity contribution in [2.75, 3.05) is 34.2 Å². The van der Waals surface area contributed by atoms with E-state index in [1.165, 1.54) is 0 Å². The summed E-state index contributed by atoms with van der Waals surface area (Å²) in [6.45, 7) is 7.00. The first-order valence-corrected chi connectivity index (χ1v) is 7.54. The lowest BCUT2D eigenvalue weighted by molar-refractivity contribution is 0.241. The minimum atomic E-state index is 0.172. The maximum absolute atomic E-state index is 6.15. The fraction of sp³-hybridized carbons (Fsp3) is 0.562. The van der Waals surface area contributed by atoms with Gasteiger partial charge >= 0.3 is 0 Å². The molecule has 0 aliphatic carbocycles. The summed E-state index contributed by atoms with van der Waals surface area (Å²) in [5.41, 5.74) is 1.24. The van der Waals surface area contributed by atoms with Crippen LogP contribution in [0.2, 0.25) is 5.02 Å². The van der Waals surface area contributed by atoms with E-state index in [-0.39, 0.29) is 5.41 Å². The average Bonchev–Trinajstić information content (AvgIpc) is 2.39. The van der Waals surface area contributed by atoms with Crippen LogP contribution in [-0.2, 0) is 6.54 Å². The molecule has 0 fully saturated rings. The summed E-state index contributed by atoms with van der Waals surface area (Å²) in [4.78, 5) is 6.45. The van der Waals surface area contributed by atoms with Gasteiger partial charge in [0.1, 0.15) is 0 Å². The van der Waals surface area contributed by atoms with Crippen LogP contribution in [0.25, 0.3) is 0 Å². The van der Waals surface area contributed by atoms with Gasteiger partial charge in [0.15, 0.2) is 5.96 Å². The van der Waals surface area contributed by atoms with Crippen LogP contribution in [0.5, 0.6) is 0 Å². The van der Waals surface area contributed by atoms with E-state index in [1.807, 2.05) is 24.3 Å². The molecule has 0 radical (unpaired) electrons. The van der Waals surface area contributed by atoms with Crippen molar-refractivity contribution in [1.29, 1.82) is 0 Å². The van der Waals surface area contributed by atoms with Crippen LogP contribution in [-0.4, -0.2) is 45.1 Å². The van der Waals surface area contributed by atoms with E-state index in [0.29, 0.717) is 6.54 Å². The highest BCUT2D eigenvalue weighted by atomic mass is 35.5. The number of halogens is 1. The number of hydrogen-bond donors (Lipinski definition) is 2. The number of guanidine groups is 1. The highest BCUT2D eigenvalue weighted by Crippen LogP contribution is 2.15. The lowest BCUT2D eigenvalue weighted by Gasteiger charge is -2.29. The first-order chi connectivity index (χ1) is 9.84. The molecular weight excluding hydrogens is 284 g/mol. The zero-order valence-electron chi connectivity index (χ0n) is 13.7. The summed E-state index contributed by atoms with van der Waals surface area (Å²) in [7, 11) is 5.96. The highest BCUT2D eigenvalue weighted by molar-refractivity contribution is 6.31. The van der Waals surface area contributed by atoms with E-state index in [9.17, 15) is 0 Å². The van der Waals surface area contributed by atoms with Gasteiger partial charge in [0.25, 0.3) is 0 Å². The third-order valence-electron chi connectivity index (χ3n) is 3.11. The highest BCUT2D eigenvalue weighted by Gasteiger charge is 2.19. The van der Waals surface area contributed by atoms with Crippen molar-refractivity contribution in [3.05, 3.63) is 34.9 Å². The van der Waals surface area contributed by atoms with Crippen molar-refractivity contribution in [3.63, 3.8) is 0 Å². The van der Waals surface area contributed by atoms with E-state index in [0.717, 1.165) is 29.6 Å². The molecule has 4 nitrogen and oxygen atoms in total. The summed E-state index contributed by atoms with van der Waals surface area (Å²) in [6, 6.07) is 7.83. The Morgan fingerprint density at radius 2 is 1.90 bits per heavy atom. The molecule has 0 bridgehead atoms. The molecule has 0 amide bonds. The van der Waals surface area contributed by atoms with Crippen LogP contribution in [0.15, 0.2) is 29.3 Å². The molecule has 21 heavy (non-hydrogen) atoms. The van der Waals surface area contributed by atoms with Gasteiger partial charge in [-0.15, -0.1) is 0 Å². The van der Waals surface area contributed by atoms with Gasteiger partial charge in [-0.25, -0.2) is 0 Å². The summed E-state index contributed by atoms with van der Waals surface area (Å²) in [5.74, 6) is 0.793. The summed E-state index contributed by atoms with van der Waals surface area (Å²) in [6.07, 6.45) is 0. The Balaban J connectivity index is 2.48. The number of aliphatic imine (C=N–C) groups is 1. The lowest BCUT2D eigenvalue weighted by atomic mass is 9.93. The van der Waals surface area contributed by atoms with Gasteiger partial charge in [-0.3, -0.25) is 4.99 Å². The molecule has 0 heterocycles. The van der Waals surface area contributed by atoms with E-state index in [1.54, 1.807) is 7.05 Å². The molecule has 0 aliphatic rings. The Hall–Kier alpha value is -1.26. The second-order valence-corrected chi connectivity index (χ2v) is 6.68. The molecule has 1 aromatic rings. The van der Waals surface area contributed by atoms with E-state index >= 15 is 0 Å². The van der Waals surface area contributed by atoms with Gasteiger partial charge in [0.05, 0.1) is 0 Å². The fourth-order valence-corrected chi connectivity index (χ4v) is 2.48. The van der Waals surface area contributed by atoms with Crippen molar-refractivity contribution in [2.45, 2.75) is 20.4 Å². The summed E-state index contributed by atoms with van der Waals surface area (Å²) in [5, 5.41) is 7.44. The Morgan fingerprint density at radius 3 is 2.48 bits per heavy atom. The van der Waals surface area contributed by atoms with Crippen LogP contribution >= 0.6 is 11.6 Å². The standard InChI is InChI=1S/C16H27ClN4/c1-16(2,12-21(4)5)11-20-15(18-3)19-10-13-8-6-7-9-14(13)17/h6-9H,10-12H2,1-5H3,(H2,18,19,20). The largest absolute Gasteiger partial charge is 0.356 e. The predicted molar refractivity (Wildman–Crippen MR) is 92.0 cm³/mol. The molecule has 1 rings (SSSR count). The first kappa shape index (κ1) is 17.8. The van der Waals surface area contributed by atoms with Crippen LogP contribution in [0, 0.1) is 5.41 Å². The zero-order valence-corrected chi connectivity index (χ0v) is 14.5. The Labute approximate surface area is 133 Å². The van der Waals surface area contributed by atoms with Crippen molar-refractivity contribution in [2.24, 2.45) is 10.4 Å². The minimum absolute atomic E-state index is 0.172. The van der Waals surface area contributed by atoms with Crippen LogP contribution in [0.4, 0.5) is 0 Å². The average molecular weight is 311 g/mol.